The molecule has 2 rings (SSSR count). The van der Waals surface area contributed by atoms with Crippen molar-refractivity contribution in [2.75, 3.05) is 12.4 Å². The van der Waals surface area contributed by atoms with E-state index in [1.54, 1.807) is 25.4 Å². The minimum Gasteiger partial charge on any atom is -0.481 e. The van der Waals surface area contributed by atoms with Crippen molar-refractivity contribution in [3.05, 3.63) is 57.8 Å². The number of hydrogen-bond acceptors (Lipinski definition) is 5. The molecular formula is C14H15N3O3. The van der Waals surface area contributed by atoms with E-state index in [1.165, 1.54) is 6.07 Å². The van der Waals surface area contributed by atoms with Gasteiger partial charge in [-0.15, -0.1) is 0 Å². The van der Waals surface area contributed by atoms with Crippen LogP contribution in [0.3, 0.4) is 0 Å². The van der Waals surface area contributed by atoms with E-state index >= 15 is 0 Å². The number of benzene rings is 1. The molecule has 0 aliphatic rings. The van der Waals surface area contributed by atoms with Crippen LogP contribution in [-0.4, -0.2) is 17.0 Å². The maximum Gasteiger partial charge on any atom is 0.269 e. The van der Waals surface area contributed by atoms with Gasteiger partial charge in [-0.1, -0.05) is 0 Å². The summed E-state index contributed by atoms with van der Waals surface area (Å²) in [5.74, 6) is 0.560. The smallest absolute Gasteiger partial charge is 0.269 e. The van der Waals surface area contributed by atoms with Gasteiger partial charge < -0.3 is 10.1 Å². The number of rotatable bonds is 5. The first-order valence-electron chi connectivity index (χ1n) is 6.08. The van der Waals surface area contributed by atoms with Gasteiger partial charge in [0.15, 0.2) is 0 Å². The highest BCUT2D eigenvalue weighted by atomic mass is 16.6. The van der Waals surface area contributed by atoms with E-state index in [2.05, 4.69) is 10.3 Å². The molecule has 0 aliphatic carbocycles. The first kappa shape index (κ1) is 13.8. The van der Waals surface area contributed by atoms with E-state index in [-0.39, 0.29) is 5.69 Å². The van der Waals surface area contributed by atoms with E-state index in [0.717, 1.165) is 16.8 Å². The van der Waals surface area contributed by atoms with Crippen molar-refractivity contribution in [3.8, 4) is 5.88 Å². The van der Waals surface area contributed by atoms with E-state index in [9.17, 15) is 10.1 Å². The summed E-state index contributed by atoms with van der Waals surface area (Å²) in [6.07, 6.45) is 1.68. The predicted molar refractivity (Wildman–Crippen MR) is 75.9 cm³/mol. The molecule has 0 aliphatic heterocycles. The van der Waals surface area contributed by atoms with Crippen molar-refractivity contribution >= 4 is 11.4 Å². The van der Waals surface area contributed by atoms with Crippen LogP contribution in [0, 0.1) is 17.0 Å². The fraction of sp³-hybridized carbons (Fsp3) is 0.214. The van der Waals surface area contributed by atoms with E-state index < -0.39 is 4.92 Å². The number of hydrogen-bond donors (Lipinski definition) is 1. The third kappa shape index (κ3) is 3.23. The average Bonchev–Trinajstić information content (AvgIpc) is 2.46. The summed E-state index contributed by atoms with van der Waals surface area (Å²) < 4.78 is 5.06. The van der Waals surface area contributed by atoms with Crippen LogP contribution in [0.2, 0.25) is 0 Å². The molecule has 0 amide bonds. The summed E-state index contributed by atoms with van der Waals surface area (Å²) in [6, 6.07) is 8.48. The lowest BCUT2D eigenvalue weighted by Gasteiger charge is -2.10. The summed E-state index contributed by atoms with van der Waals surface area (Å²) in [6.45, 7) is 2.43. The Labute approximate surface area is 116 Å². The van der Waals surface area contributed by atoms with Crippen LogP contribution in [0.5, 0.6) is 5.88 Å². The molecular weight excluding hydrogens is 258 g/mol. The molecule has 0 atom stereocenters. The maximum atomic E-state index is 10.7. The molecule has 104 valence electrons. The number of non-ortho nitro benzene ring substituents is 1. The van der Waals surface area contributed by atoms with Gasteiger partial charge in [-0.2, -0.15) is 0 Å². The van der Waals surface area contributed by atoms with Crippen LogP contribution >= 0.6 is 0 Å². The number of nitro groups is 1. The Balaban J connectivity index is 2.08. The van der Waals surface area contributed by atoms with Crippen LogP contribution < -0.4 is 10.1 Å². The molecule has 1 heterocycles. The number of aryl methyl sites for hydroxylation is 1. The van der Waals surface area contributed by atoms with Crippen molar-refractivity contribution < 1.29 is 9.66 Å². The highest BCUT2D eigenvalue weighted by molar-refractivity contribution is 5.55. The van der Waals surface area contributed by atoms with E-state index in [4.69, 9.17) is 4.74 Å². The SMILES string of the molecule is COc1cc(CNc2ccc([N+](=O)[O-])cc2C)ccn1. The second-order valence-electron chi connectivity index (χ2n) is 4.32. The topological polar surface area (TPSA) is 77.3 Å². The Hall–Kier alpha value is -2.63. The second-order valence-corrected chi connectivity index (χ2v) is 4.32. The van der Waals surface area contributed by atoms with E-state index in [1.807, 2.05) is 19.1 Å². The third-order valence-electron chi connectivity index (χ3n) is 2.91. The number of methoxy groups -OCH3 is 1. The molecule has 1 aromatic heterocycles. The van der Waals surface area contributed by atoms with Crippen molar-refractivity contribution in [1.29, 1.82) is 0 Å². The molecule has 0 fully saturated rings. The third-order valence-corrected chi connectivity index (χ3v) is 2.91. The minimum atomic E-state index is -0.398. The molecule has 0 saturated carbocycles. The minimum absolute atomic E-state index is 0.0960. The highest BCUT2D eigenvalue weighted by Gasteiger charge is 2.07. The van der Waals surface area contributed by atoms with Crippen molar-refractivity contribution in [2.24, 2.45) is 0 Å². The van der Waals surface area contributed by atoms with Gasteiger partial charge in [0, 0.05) is 36.6 Å². The predicted octanol–water partition coefficient (Wildman–Crippen LogP) is 2.92. The number of nitrogens with zero attached hydrogens (tertiary/aromatic N) is 2. The summed E-state index contributed by atoms with van der Waals surface area (Å²) in [4.78, 5) is 14.3. The highest BCUT2D eigenvalue weighted by Crippen LogP contribution is 2.22. The number of aromatic nitrogens is 1. The van der Waals surface area contributed by atoms with Gasteiger partial charge in [0.05, 0.1) is 12.0 Å². The largest absolute Gasteiger partial charge is 0.481 e. The number of anilines is 1. The molecule has 6 heteroatoms. The molecule has 0 bridgehead atoms. The lowest BCUT2D eigenvalue weighted by molar-refractivity contribution is -0.384. The molecule has 0 radical (unpaired) electrons. The van der Waals surface area contributed by atoms with Crippen LogP contribution in [0.4, 0.5) is 11.4 Å². The van der Waals surface area contributed by atoms with Crippen LogP contribution in [0.25, 0.3) is 0 Å². The number of pyridine rings is 1. The second kappa shape index (κ2) is 6.01. The average molecular weight is 273 g/mol. The monoisotopic (exact) mass is 273 g/mol. The number of ether oxygens (including phenoxy) is 1. The Bertz CT molecular complexity index is 629. The summed E-state index contributed by atoms with van der Waals surface area (Å²) >= 11 is 0. The normalized spacial score (nSPS) is 10.1. The van der Waals surface area contributed by atoms with Gasteiger partial charge in [0.1, 0.15) is 0 Å². The fourth-order valence-corrected chi connectivity index (χ4v) is 1.83. The van der Waals surface area contributed by atoms with Crippen molar-refractivity contribution in [1.82, 2.24) is 4.98 Å². The maximum absolute atomic E-state index is 10.7. The van der Waals surface area contributed by atoms with Crippen LogP contribution in [0.1, 0.15) is 11.1 Å². The molecule has 0 spiro atoms. The number of nitro benzene ring substituents is 1. The van der Waals surface area contributed by atoms with Crippen LogP contribution in [-0.2, 0) is 6.54 Å². The lowest BCUT2D eigenvalue weighted by Crippen LogP contribution is -2.02. The van der Waals surface area contributed by atoms with Crippen molar-refractivity contribution in [3.63, 3.8) is 0 Å². The van der Waals surface area contributed by atoms with Gasteiger partial charge >= 0.3 is 0 Å². The Morgan fingerprint density at radius 2 is 2.15 bits per heavy atom. The first-order chi connectivity index (χ1) is 9.60. The number of nitrogens with one attached hydrogen (secondary N) is 1. The summed E-state index contributed by atoms with van der Waals surface area (Å²) in [5, 5.41) is 13.9. The fourth-order valence-electron chi connectivity index (χ4n) is 1.83. The van der Waals surface area contributed by atoms with Gasteiger partial charge in [-0.05, 0) is 30.2 Å². The lowest BCUT2D eigenvalue weighted by atomic mass is 10.1. The molecule has 2 aromatic rings. The van der Waals surface area contributed by atoms with Gasteiger partial charge in [0.25, 0.3) is 5.69 Å². The Kier molecular flexibility index (Phi) is 4.14. The summed E-state index contributed by atoms with van der Waals surface area (Å²) in [5.41, 5.74) is 2.82. The molecule has 6 nitrogen and oxygen atoms in total. The van der Waals surface area contributed by atoms with Gasteiger partial charge in [-0.25, -0.2) is 4.98 Å². The van der Waals surface area contributed by atoms with Crippen LogP contribution in [0.15, 0.2) is 36.5 Å². The Morgan fingerprint density at radius 3 is 2.80 bits per heavy atom. The Morgan fingerprint density at radius 1 is 1.35 bits per heavy atom. The van der Waals surface area contributed by atoms with E-state index in [0.29, 0.717) is 12.4 Å². The quantitative estimate of drug-likeness (QED) is 0.669. The van der Waals surface area contributed by atoms with Crippen molar-refractivity contribution in [2.45, 2.75) is 13.5 Å². The molecule has 1 aromatic carbocycles. The molecule has 0 saturated heterocycles. The summed E-state index contributed by atoms with van der Waals surface area (Å²) in [7, 11) is 1.57. The van der Waals surface area contributed by atoms with Gasteiger partial charge in [0.2, 0.25) is 5.88 Å². The zero-order valence-corrected chi connectivity index (χ0v) is 11.3. The van der Waals surface area contributed by atoms with Gasteiger partial charge in [-0.3, -0.25) is 10.1 Å². The zero-order chi connectivity index (χ0) is 14.5. The first-order valence-corrected chi connectivity index (χ1v) is 6.08. The standard InChI is InChI=1S/C14H15N3O3/c1-10-7-12(17(18)19)3-4-13(10)16-9-11-5-6-15-14(8-11)20-2/h3-8,16H,9H2,1-2H3. The molecule has 20 heavy (non-hydrogen) atoms. The zero-order valence-electron chi connectivity index (χ0n) is 11.3. The molecule has 1 N–H and O–H groups in total. The molecule has 0 unspecified atom stereocenters.